The average Bonchev–Trinajstić information content (AvgIpc) is 2.40. The Kier molecular flexibility index (Phi) is 4.97. The summed E-state index contributed by atoms with van der Waals surface area (Å²) >= 11 is 0. The molecule has 0 spiro atoms. The van der Waals surface area contributed by atoms with Crippen LogP contribution in [-0.4, -0.2) is 24.7 Å². The molecule has 104 valence electrons. The number of piperidine rings is 1. The highest BCUT2D eigenvalue weighted by Gasteiger charge is 2.32. The summed E-state index contributed by atoms with van der Waals surface area (Å²) in [6, 6.07) is 10.2. The number of esters is 1. The Morgan fingerprint density at radius 1 is 1.26 bits per heavy atom. The molecule has 1 N–H and O–H groups in total. The van der Waals surface area contributed by atoms with E-state index in [0.29, 0.717) is 0 Å². The molecule has 2 unspecified atom stereocenters. The molecule has 1 aromatic carbocycles. The van der Waals surface area contributed by atoms with E-state index in [2.05, 4.69) is 5.32 Å². The largest absolute Gasteiger partial charge is 0.462 e. The highest BCUT2D eigenvalue weighted by Crippen LogP contribution is 2.27. The molecule has 1 saturated heterocycles. The van der Waals surface area contributed by atoms with Crippen LogP contribution in [-0.2, 0) is 9.53 Å². The van der Waals surface area contributed by atoms with Crippen molar-refractivity contribution in [2.24, 2.45) is 0 Å². The fraction of sp³-hybridized carbons (Fsp3) is 0.562. The number of hydrogen-bond donors (Lipinski definition) is 1. The Morgan fingerprint density at radius 2 is 2.00 bits per heavy atom. The van der Waals surface area contributed by atoms with Crippen LogP contribution < -0.4 is 5.32 Å². The van der Waals surface area contributed by atoms with Crippen molar-refractivity contribution in [3.05, 3.63) is 35.9 Å². The van der Waals surface area contributed by atoms with Crippen LogP contribution in [0.25, 0.3) is 0 Å². The van der Waals surface area contributed by atoms with E-state index < -0.39 is 0 Å². The van der Waals surface area contributed by atoms with E-state index in [4.69, 9.17) is 4.74 Å². The summed E-state index contributed by atoms with van der Waals surface area (Å²) in [6.07, 6.45) is 3.34. The lowest BCUT2D eigenvalue weighted by Crippen LogP contribution is -2.42. The zero-order valence-electron chi connectivity index (χ0n) is 11.8. The summed E-state index contributed by atoms with van der Waals surface area (Å²) in [6.45, 7) is 4.78. The summed E-state index contributed by atoms with van der Waals surface area (Å²) in [5, 5.41) is 3.47. The fourth-order valence-corrected chi connectivity index (χ4v) is 2.66. The van der Waals surface area contributed by atoms with Gasteiger partial charge in [0.25, 0.3) is 0 Å². The Hall–Kier alpha value is -1.35. The molecule has 0 amide bonds. The summed E-state index contributed by atoms with van der Waals surface area (Å²) in [4.78, 5) is 12.4. The van der Waals surface area contributed by atoms with Gasteiger partial charge in [-0.25, -0.2) is 0 Å². The lowest BCUT2D eigenvalue weighted by Gasteiger charge is -2.30. The first-order valence-electron chi connectivity index (χ1n) is 7.17. The van der Waals surface area contributed by atoms with Gasteiger partial charge in [-0.2, -0.15) is 0 Å². The van der Waals surface area contributed by atoms with Gasteiger partial charge in [-0.05, 0) is 38.8 Å². The third-order valence-electron chi connectivity index (χ3n) is 3.52. The second-order valence-corrected chi connectivity index (χ2v) is 5.43. The Balaban J connectivity index is 2.19. The van der Waals surface area contributed by atoms with Crippen LogP contribution in [0.1, 0.15) is 44.6 Å². The second kappa shape index (κ2) is 6.71. The van der Waals surface area contributed by atoms with Crippen LogP contribution in [0.3, 0.4) is 0 Å². The monoisotopic (exact) mass is 261 g/mol. The van der Waals surface area contributed by atoms with Gasteiger partial charge < -0.3 is 10.1 Å². The Labute approximate surface area is 115 Å². The first kappa shape index (κ1) is 14.1. The van der Waals surface area contributed by atoms with E-state index in [9.17, 15) is 4.79 Å². The maximum atomic E-state index is 12.4. The van der Waals surface area contributed by atoms with Gasteiger partial charge in [-0.3, -0.25) is 4.79 Å². The average molecular weight is 261 g/mol. The van der Waals surface area contributed by atoms with Gasteiger partial charge >= 0.3 is 5.97 Å². The van der Waals surface area contributed by atoms with Gasteiger partial charge in [-0.1, -0.05) is 36.8 Å². The molecule has 0 aliphatic carbocycles. The van der Waals surface area contributed by atoms with Crippen molar-refractivity contribution in [3.8, 4) is 0 Å². The van der Waals surface area contributed by atoms with Crippen molar-refractivity contribution in [2.45, 2.75) is 51.2 Å². The van der Waals surface area contributed by atoms with Crippen molar-refractivity contribution in [3.63, 3.8) is 0 Å². The first-order valence-corrected chi connectivity index (χ1v) is 7.17. The summed E-state index contributed by atoms with van der Waals surface area (Å²) in [5.74, 6) is -0.301. The molecule has 1 aliphatic heterocycles. The lowest BCUT2D eigenvalue weighted by atomic mass is 9.86. The number of carbonyl (C=O) groups is 1. The molecule has 0 radical (unpaired) electrons. The number of rotatable bonds is 4. The van der Waals surface area contributed by atoms with Gasteiger partial charge in [0.1, 0.15) is 0 Å². The molecule has 3 nitrogen and oxygen atoms in total. The van der Waals surface area contributed by atoms with E-state index in [0.717, 1.165) is 18.5 Å². The van der Waals surface area contributed by atoms with Crippen LogP contribution in [0.2, 0.25) is 0 Å². The van der Waals surface area contributed by atoms with Crippen molar-refractivity contribution in [1.29, 1.82) is 0 Å². The van der Waals surface area contributed by atoms with Gasteiger partial charge in [0, 0.05) is 6.04 Å². The third kappa shape index (κ3) is 3.80. The highest BCUT2D eigenvalue weighted by molar-refractivity contribution is 5.79. The first-order chi connectivity index (χ1) is 9.18. The fourth-order valence-electron chi connectivity index (χ4n) is 2.66. The highest BCUT2D eigenvalue weighted by atomic mass is 16.5. The zero-order chi connectivity index (χ0) is 13.7. The van der Waals surface area contributed by atoms with Crippen molar-refractivity contribution >= 4 is 5.97 Å². The molecule has 1 aromatic rings. The predicted octanol–water partition coefficient (Wildman–Crippen LogP) is 2.86. The van der Waals surface area contributed by atoms with E-state index in [1.54, 1.807) is 0 Å². The molecule has 2 atom stereocenters. The summed E-state index contributed by atoms with van der Waals surface area (Å²) < 4.78 is 5.44. The molecule has 1 fully saturated rings. The maximum Gasteiger partial charge on any atom is 0.315 e. The van der Waals surface area contributed by atoms with E-state index >= 15 is 0 Å². The predicted molar refractivity (Wildman–Crippen MR) is 76.1 cm³/mol. The summed E-state index contributed by atoms with van der Waals surface area (Å²) in [5.41, 5.74) is 1.05. The van der Waals surface area contributed by atoms with Crippen LogP contribution >= 0.6 is 0 Å². The number of nitrogens with one attached hydrogen (secondary N) is 1. The molecule has 3 heteroatoms. The molecular weight excluding hydrogens is 238 g/mol. The van der Waals surface area contributed by atoms with Gasteiger partial charge in [0.2, 0.25) is 0 Å². The molecule has 0 bridgehead atoms. The van der Waals surface area contributed by atoms with Crippen molar-refractivity contribution in [2.75, 3.05) is 6.54 Å². The molecule has 0 aromatic heterocycles. The normalized spacial score (nSPS) is 21.1. The Bertz CT molecular complexity index is 396. The van der Waals surface area contributed by atoms with E-state index in [1.807, 2.05) is 44.2 Å². The zero-order valence-corrected chi connectivity index (χ0v) is 11.8. The standard InChI is InChI=1S/C16H23NO2/c1-12(2)19-16(18)15(13-8-4-3-5-9-13)14-10-6-7-11-17-14/h3-5,8-9,12,14-15,17H,6-7,10-11H2,1-2H3. The molecule has 19 heavy (non-hydrogen) atoms. The quantitative estimate of drug-likeness (QED) is 0.847. The summed E-state index contributed by atoms with van der Waals surface area (Å²) in [7, 11) is 0. The topological polar surface area (TPSA) is 38.3 Å². The SMILES string of the molecule is CC(C)OC(=O)C(c1ccccc1)C1CCCCN1. The van der Waals surface area contributed by atoms with Gasteiger partial charge in [0.05, 0.1) is 12.0 Å². The second-order valence-electron chi connectivity index (χ2n) is 5.43. The van der Waals surface area contributed by atoms with Crippen molar-refractivity contribution < 1.29 is 9.53 Å². The van der Waals surface area contributed by atoms with Crippen LogP contribution in [0.15, 0.2) is 30.3 Å². The van der Waals surface area contributed by atoms with Crippen molar-refractivity contribution in [1.82, 2.24) is 5.32 Å². The third-order valence-corrected chi connectivity index (χ3v) is 3.52. The minimum Gasteiger partial charge on any atom is -0.462 e. The minimum atomic E-state index is -0.191. The molecule has 2 rings (SSSR count). The van der Waals surface area contributed by atoms with Gasteiger partial charge in [0.15, 0.2) is 0 Å². The minimum absolute atomic E-state index is 0.0673. The smallest absolute Gasteiger partial charge is 0.315 e. The molecule has 1 aliphatic rings. The van der Waals surface area contributed by atoms with E-state index in [-0.39, 0.29) is 24.0 Å². The van der Waals surface area contributed by atoms with Crippen LogP contribution in [0, 0.1) is 0 Å². The lowest BCUT2D eigenvalue weighted by molar-refractivity contribution is -0.150. The molecule has 0 saturated carbocycles. The number of hydrogen-bond acceptors (Lipinski definition) is 3. The molecule has 1 heterocycles. The van der Waals surface area contributed by atoms with Crippen LogP contribution in [0.4, 0.5) is 0 Å². The molecular formula is C16H23NO2. The van der Waals surface area contributed by atoms with E-state index in [1.165, 1.54) is 12.8 Å². The van der Waals surface area contributed by atoms with Crippen LogP contribution in [0.5, 0.6) is 0 Å². The number of benzene rings is 1. The van der Waals surface area contributed by atoms with Gasteiger partial charge in [-0.15, -0.1) is 0 Å². The maximum absolute atomic E-state index is 12.4. The Morgan fingerprint density at radius 3 is 2.58 bits per heavy atom. The number of ether oxygens (including phenoxy) is 1. The number of carbonyl (C=O) groups excluding carboxylic acids is 1.